The molecule has 19 heavy (non-hydrogen) atoms. The van der Waals surface area contributed by atoms with E-state index in [1.54, 1.807) is 6.20 Å². The maximum atomic E-state index is 8.54. The Balaban J connectivity index is 1.90. The number of hydrogen-bond acceptors (Lipinski definition) is 4. The molecule has 0 saturated carbocycles. The lowest BCUT2D eigenvalue weighted by atomic mass is 10.2. The van der Waals surface area contributed by atoms with Gasteiger partial charge in [-0.05, 0) is 18.2 Å². The second kappa shape index (κ2) is 7.14. The summed E-state index contributed by atoms with van der Waals surface area (Å²) in [6, 6.07) is 15.5. The highest BCUT2D eigenvalue weighted by Gasteiger charge is 2.02. The molecule has 4 nitrogen and oxygen atoms in total. The molecule has 1 N–H and O–H groups in total. The molecule has 1 heterocycles. The number of pyridine rings is 1. The molecule has 0 unspecified atom stereocenters. The fourth-order valence-electron chi connectivity index (χ4n) is 1.73. The minimum Gasteiger partial charge on any atom is -0.478 e. The Morgan fingerprint density at radius 1 is 1.11 bits per heavy atom. The van der Waals surface area contributed by atoms with E-state index in [0.29, 0.717) is 13.1 Å². The van der Waals surface area contributed by atoms with Crippen LogP contribution in [0.5, 0.6) is 5.75 Å². The summed E-state index contributed by atoms with van der Waals surface area (Å²) in [5, 5.41) is 11.9. The van der Waals surface area contributed by atoms with Gasteiger partial charge < -0.3 is 10.1 Å². The fraction of sp³-hybridized carbons (Fsp3) is 0.200. The molecule has 2 rings (SSSR count). The molecule has 0 saturated heterocycles. The largest absolute Gasteiger partial charge is 0.478 e. The van der Waals surface area contributed by atoms with E-state index in [9.17, 15) is 0 Å². The van der Waals surface area contributed by atoms with Crippen LogP contribution in [0.4, 0.5) is 0 Å². The van der Waals surface area contributed by atoms with E-state index in [0.717, 1.165) is 17.0 Å². The zero-order valence-electron chi connectivity index (χ0n) is 10.5. The summed E-state index contributed by atoms with van der Waals surface area (Å²) >= 11 is 0. The van der Waals surface area contributed by atoms with Crippen molar-refractivity contribution in [1.82, 2.24) is 10.3 Å². The summed E-state index contributed by atoms with van der Waals surface area (Å²) in [5.74, 6) is 0.748. The Labute approximate surface area is 112 Å². The number of aromatic nitrogens is 1. The van der Waals surface area contributed by atoms with Gasteiger partial charge in [-0.2, -0.15) is 5.26 Å². The van der Waals surface area contributed by atoms with Crippen molar-refractivity contribution in [2.24, 2.45) is 0 Å². The van der Waals surface area contributed by atoms with E-state index in [1.165, 1.54) is 0 Å². The van der Waals surface area contributed by atoms with Crippen LogP contribution in [-0.4, -0.2) is 11.6 Å². The molecule has 0 fully saturated rings. The second-order valence-electron chi connectivity index (χ2n) is 3.98. The molecule has 0 amide bonds. The van der Waals surface area contributed by atoms with Crippen LogP contribution < -0.4 is 10.1 Å². The normalized spacial score (nSPS) is 9.84. The average molecular weight is 253 g/mol. The Morgan fingerprint density at radius 3 is 2.74 bits per heavy atom. The molecule has 0 atom stereocenters. The summed E-state index contributed by atoms with van der Waals surface area (Å²) in [6.45, 7) is 1.45. The third-order valence-corrected chi connectivity index (χ3v) is 2.61. The fourth-order valence-corrected chi connectivity index (χ4v) is 1.73. The van der Waals surface area contributed by atoms with Crippen LogP contribution in [0.2, 0.25) is 0 Å². The van der Waals surface area contributed by atoms with Gasteiger partial charge in [0.25, 0.3) is 0 Å². The van der Waals surface area contributed by atoms with Gasteiger partial charge in [0, 0.05) is 24.8 Å². The van der Waals surface area contributed by atoms with Gasteiger partial charge in [0.05, 0.1) is 5.69 Å². The van der Waals surface area contributed by atoms with Gasteiger partial charge in [0.2, 0.25) is 0 Å². The molecule has 0 aliphatic rings. The summed E-state index contributed by atoms with van der Waals surface area (Å²) in [6.07, 6.45) is 1.78. The molecular formula is C15H15N3O. The van der Waals surface area contributed by atoms with Crippen LogP contribution >= 0.6 is 0 Å². The van der Waals surface area contributed by atoms with Gasteiger partial charge in [0.15, 0.2) is 6.61 Å². The first-order valence-electron chi connectivity index (χ1n) is 6.08. The first-order chi connectivity index (χ1) is 9.40. The van der Waals surface area contributed by atoms with Crippen molar-refractivity contribution in [2.45, 2.75) is 13.1 Å². The number of rotatable bonds is 6. The summed E-state index contributed by atoms with van der Waals surface area (Å²) in [4.78, 5) is 4.25. The number of ether oxygens (including phenoxy) is 1. The highest BCUT2D eigenvalue weighted by molar-refractivity contribution is 5.33. The van der Waals surface area contributed by atoms with Crippen molar-refractivity contribution >= 4 is 0 Å². The highest BCUT2D eigenvalue weighted by atomic mass is 16.5. The predicted octanol–water partition coefficient (Wildman–Crippen LogP) is 2.27. The number of hydrogen-bond donors (Lipinski definition) is 1. The van der Waals surface area contributed by atoms with Gasteiger partial charge in [-0.1, -0.05) is 24.3 Å². The number of benzene rings is 1. The van der Waals surface area contributed by atoms with E-state index in [2.05, 4.69) is 10.3 Å². The molecule has 4 heteroatoms. The zero-order valence-corrected chi connectivity index (χ0v) is 10.5. The summed E-state index contributed by atoms with van der Waals surface area (Å²) in [5.41, 5.74) is 2.03. The molecule has 0 radical (unpaired) electrons. The van der Waals surface area contributed by atoms with Crippen LogP contribution in [0, 0.1) is 11.3 Å². The minimum absolute atomic E-state index is 0.0667. The number of nitriles is 1. The van der Waals surface area contributed by atoms with Crippen molar-refractivity contribution in [2.75, 3.05) is 6.61 Å². The zero-order chi connectivity index (χ0) is 13.3. The van der Waals surface area contributed by atoms with Gasteiger partial charge in [-0.3, -0.25) is 4.98 Å². The molecule has 0 aliphatic carbocycles. The van der Waals surface area contributed by atoms with Crippen molar-refractivity contribution in [1.29, 1.82) is 5.26 Å². The third-order valence-electron chi connectivity index (χ3n) is 2.61. The molecule has 96 valence electrons. The maximum Gasteiger partial charge on any atom is 0.174 e. The minimum atomic E-state index is 0.0667. The molecule has 1 aromatic heterocycles. The van der Waals surface area contributed by atoms with E-state index >= 15 is 0 Å². The summed E-state index contributed by atoms with van der Waals surface area (Å²) in [7, 11) is 0. The van der Waals surface area contributed by atoms with E-state index in [4.69, 9.17) is 10.00 Å². The highest BCUT2D eigenvalue weighted by Crippen LogP contribution is 2.17. The van der Waals surface area contributed by atoms with Crippen molar-refractivity contribution < 1.29 is 4.74 Å². The molecule has 1 aromatic carbocycles. The van der Waals surface area contributed by atoms with Crippen LogP contribution in [0.15, 0.2) is 48.7 Å². The van der Waals surface area contributed by atoms with Crippen LogP contribution in [0.25, 0.3) is 0 Å². The third kappa shape index (κ3) is 4.09. The molecule has 0 spiro atoms. The lowest BCUT2D eigenvalue weighted by molar-refractivity contribution is 0.362. The van der Waals surface area contributed by atoms with Crippen LogP contribution in [0.1, 0.15) is 11.3 Å². The van der Waals surface area contributed by atoms with Crippen molar-refractivity contribution in [3.05, 3.63) is 59.9 Å². The standard InChI is InChI=1S/C15H15N3O/c16-8-10-19-15-7-2-1-5-13(15)11-17-12-14-6-3-4-9-18-14/h1-7,9,17H,10-12H2. The van der Waals surface area contributed by atoms with E-state index in [-0.39, 0.29) is 6.61 Å². The lowest BCUT2D eigenvalue weighted by Gasteiger charge is -2.10. The van der Waals surface area contributed by atoms with E-state index in [1.807, 2.05) is 48.5 Å². The maximum absolute atomic E-state index is 8.54. The Kier molecular flexibility index (Phi) is 4.91. The molecule has 0 bridgehead atoms. The SMILES string of the molecule is N#CCOc1ccccc1CNCc1ccccn1. The number of nitrogens with zero attached hydrogens (tertiary/aromatic N) is 2. The number of para-hydroxylation sites is 1. The van der Waals surface area contributed by atoms with Crippen LogP contribution in [0.3, 0.4) is 0 Å². The van der Waals surface area contributed by atoms with Crippen molar-refractivity contribution in [3.8, 4) is 11.8 Å². The smallest absolute Gasteiger partial charge is 0.174 e. The Bertz CT molecular complexity index is 549. The average Bonchev–Trinajstić information content (AvgIpc) is 2.47. The topological polar surface area (TPSA) is 57.9 Å². The lowest BCUT2D eigenvalue weighted by Crippen LogP contribution is -2.14. The Morgan fingerprint density at radius 2 is 1.95 bits per heavy atom. The monoisotopic (exact) mass is 253 g/mol. The first-order valence-corrected chi connectivity index (χ1v) is 6.08. The molecule has 0 aliphatic heterocycles. The van der Waals surface area contributed by atoms with Crippen LogP contribution in [-0.2, 0) is 13.1 Å². The summed E-state index contributed by atoms with van der Waals surface area (Å²) < 4.78 is 5.37. The molecule has 2 aromatic rings. The second-order valence-corrected chi connectivity index (χ2v) is 3.98. The molecular weight excluding hydrogens is 238 g/mol. The van der Waals surface area contributed by atoms with Gasteiger partial charge in [0.1, 0.15) is 11.8 Å². The number of nitrogens with one attached hydrogen (secondary N) is 1. The van der Waals surface area contributed by atoms with E-state index < -0.39 is 0 Å². The first kappa shape index (κ1) is 13.1. The van der Waals surface area contributed by atoms with Gasteiger partial charge in [-0.25, -0.2) is 0 Å². The Hall–Kier alpha value is -2.38. The predicted molar refractivity (Wildman–Crippen MR) is 72.3 cm³/mol. The van der Waals surface area contributed by atoms with Crippen molar-refractivity contribution in [3.63, 3.8) is 0 Å². The van der Waals surface area contributed by atoms with Gasteiger partial charge in [-0.15, -0.1) is 0 Å². The quantitative estimate of drug-likeness (QED) is 0.858. The van der Waals surface area contributed by atoms with Gasteiger partial charge >= 0.3 is 0 Å².